The first-order valence-electron chi connectivity index (χ1n) is 9.68. The number of piperidine rings is 1. The first kappa shape index (κ1) is 20.5. The minimum absolute atomic E-state index is 0.101. The van der Waals surface area contributed by atoms with Gasteiger partial charge in [-0.15, -0.1) is 0 Å². The average molecular weight is 430 g/mol. The molecular formula is C20H23N5O4S. The number of nitrogens with zero attached hydrogens (tertiary/aromatic N) is 5. The van der Waals surface area contributed by atoms with Crippen LogP contribution in [0.4, 0.5) is 0 Å². The molecule has 1 amide bonds. The number of fused-ring (bicyclic) bond motifs is 2. The summed E-state index contributed by atoms with van der Waals surface area (Å²) in [6.45, 7) is 0.848. The number of carbonyl (C=O) groups excluding carboxylic acids is 1. The van der Waals surface area contributed by atoms with E-state index in [1.165, 1.54) is 21.3 Å². The van der Waals surface area contributed by atoms with Gasteiger partial charge in [-0.05, 0) is 31.0 Å². The summed E-state index contributed by atoms with van der Waals surface area (Å²) in [5.74, 6) is 0.603. The van der Waals surface area contributed by atoms with Crippen LogP contribution in [0.15, 0.2) is 41.6 Å². The highest BCUT2D eigenvalue weighted by atomic mass is 32.2. The molecule has 2 aromatic rings. The normalized spacial score (nSPS) is 21.0. The van der Waals surface area contributed by atoms with E-state index in [0.717, 1.165) is 5.82 Å². The van der Waals surface area contributed by atoms with Crippen LogP contribution in [-0.4, -0.2) is 66.4 Å². The van der Waals surface area contributed by atoms with Crippen LogP contribution in [-0.2, 0) is 31.7 Å². The fourth-order valence-corrected chi connectivity index (χ4v) is 5.61. The number of benzene rings is 1. The highest BCUT2D eigenvalue weighted by molar-refractivity contribution is 7.89. The number of imidazole rings is 1. The second kappa shape index (κ2) is 7.50. The van der Waals surface area contributed by atoms with Gasteiger partial charge < -0.3 is 14.2 Å². The molecule has 0 N–H and O–H groups in total. The molecular weight excluding hydrogens is 406 g/mol. The standard InChI is InChI=1S/C20H23N5O4S/c1-23(2)18(26)17-14-24-11-8-22-19(24)20(29-17)6-9-25(10-7-20)30(27,28)16-5-3-4-15(12-16)13-21/h3-5,8,11-12,17H,6-7,9-10,14H2,1-2H3/t17-/m0/s1. The number of likely N-dealkylation sites (N-methyl/N-ethyl adjacent to an activating group) is 1. The van der Waals surface area contributed by atoms with Crippen molar-refractivity contribution in [1.29, 1.82) is 5.26 Å². The summed E-state index contributed by atoms with van der Waals surface area (Å²) in [5.41, 5.74) is -0.509. The molecule has 3 heterocycles. The molecule has 158 valence electrons. The number of sulfonamides is 1. The Kier molecular flexibility index (Phi) is 5.13. The monoisotopic (exact) mass is 429 g/mol. The van der Waals surface area contributed by atoms with Gasteiger partial charge in [-0.2, -0.15) is 9.57 Å². The summed E-state index contributed by atoms with van der Waals surface area (Å²) >= 11 is 0. The predicted molar refractivity (Wildman–Crippen MR) is 107 cm³/mol. The lowest BCUT2D eigenvalue weighted by atomic mass is 9.89. The van der Waals surface area contributed by atoms with Gasteiger partial charge in [0.15, 0.2) is 6.10 Å². The molecule has 9 nitrogen and oxygen atoms in total. The van der Waals surface area contributed by atoms with Crippen LogP contribution >= 0.6 is 0 Å². The largest absolute Gasteiger partial charge is 0.352 e. The maximum Gasteiger partial charge on any atom is 0.253 e. The van der Waals surface area contributed by atoms with E-state index < -0.39 is 21.7 Å². The molecule has 0 unspecified atom stereocenters. The Morgan fingerprint density at radius 3 is 2.73 bits per heavy atom. The minimum atomic E-state index is -3.73. The van der Waals surface area contributed by atoms with Gasteiger partial charge in [0.1, 0.15) is 11.4 Å². The molecule has 0 saturated carbocycles. The number of rotatable bonds is 3. The fourth-order valence-electron chi connectivity index (χ4n) is 4.12. The van der Waals surface area contributed by atoms with Gasteiger partial charge >= 0.3 is 0 Å². The average Bonchev–Trinajstić information content (AvgIpc) is 3.23. The van der Waals surface area contributed by atoms with Gasteiger partial charge in [0, 0.05) is 39.6 Å². The number of ether oxygens (including phenoxy) is 1. The first-order chi connectivity index (χ1) is 14.3. The summed E-state index contributed by atoms with van der Waals surface area (Å²) < 4.78 is 35.8. The third-order valence-electron chi connectivity index (χ3n) is 5.70. The Bertz CT molecular complexity index is 1110. The van der Waals surface area contributed by atoms with E-state index in [1.54, 1.807) is 32.4 Å². The Balaban J connectivity index is 1.59. The predicted octanol–water partition coefficient (Wildman–Crippen LogP) is 0.922. The summed E-state index contributed by atoms with van der Waals surface area (Å²) in [6, 6.07) is 7.99. The van der Waals surface area contributed by atoms with E-state index in [-0.39, 0.29) is 23.9 Å². The molecule has 10 heteroatoms. The molecule has 1 aromatic carbocycles. The Labute approximate surface area is 175 Å². The van der Waals surface area contributed by atoms with Crippen LogP contribution in [0.5, 0.6) is 0 Å². The number of amides is 1. The SMILES string of the molecule is CN(C)C(=O)[C@@H]1Cn2ccnc2C2(CCN(S(=O)(=O)c3cccc(C#N)c3)CC2)O1. The molecule has 0 aliphatic carbocycles. The van der Waals surface area contributed by atoms with Crippen LogP contribution in [0.3, 0.4) is 0 Å². The van der Waals surface area contributed by atoms with Crippen molar-refractivity contribution in [1.82, 2.24) is 18.8 Å². The number of nitriles is 1. The van der Waals surface area contributed by atoms with Crippen molar-refractivity contribution in [2.45, 2.75) is 36.0 Å². The van der Waals surface area contributed by atoms with E-state index in [0.29, 0.717) is 24.9 Å². The van der Waals surface area contributed by atoms with E-state index >= 15 is 0 Å². The van der Waals surface area contributed by atoms with E-state index in [2.05, 4.69) is 4.98 Å². The lowest BCUT2D eigenvalue weighted by molar-refractivity contribution is -0.177. The van der Waals surface area contributed by atoms with E-state index in [1.807, 2.05) is 16.8 Å². The van der Waals surface area contributed by atoms with Gasteiger partial charge in [0.25, 0.3) is 5.91 Å². The fraction of sp³-hybridized carbons (Fsp3) is 0.450. The molecule has 0 radical (unpaired) electrons. The summed E-state index contributed by atoms with van der Waals surface area (Å²) in [5, 5.41) is 9.07. The summed E-state index contributed by atoms with van der Waals surface area (Å²) in [6.07, 6.45) is 3.64. The number of carbonyl (C=O) groups is 1. The maximum atomic E-state index is 13.1. The van der Waals surface area contributed by atoms with Gasteiger partial charge in [-0.3, -0.25) is 4.79 Å². The molecule has 2 aliphatic heterocycles. The summed E-state index contributed by atoms with van der Waals surface area (Å²) in [4.78, 5) is 18.6. The smallest absolute Gasteiger partial charge is 0.253 e. The molecule has 1 saturated heterocycles. The molecule has 0 bridgehead atoms. The third-order valence-corrected chi connectivity index (χ3v) is 7.60. The van der Waals surface area contributed by atoms with Gasteiger partial charge in [0.05, 0.1) is 23.1 Å². The lowest BCUT2D eigenvalue weighted by Crippen LogP contribution is -2.54. The second-order valence-electron chi connectivity index (χ2n) is 7.78. The van der Waals surface area contributed by atoms with Crippen LogP contribution in [0.25, 0.3) is 0 Å². The second-order valence-corrected chi connectivity index (χ2v) is 9.72. The lowest BCUT2D eigenvalue weighted by Gasteiger charge is -2.45. The van der Waals surface area contributed by atoms with E-state index in [4.69, 9.17) is 10.00 Å². The Morgan fingerprint density at radius 1 is 1.33 bits per heavy atom. The van der Waals surface area contributed by atoms with Gasteiger partial charge in [0.2, 0.25) is 10.0 Å². The molecule has 4 rings (SSSR count). The van der Waals surface area contributed by atoms with Gasteiger partial charge in [-0.1, -0.05) is 6.07 Å². The topological polar surface area (TPSA) is 109 Å². The number of hydrogen-bond acceptors (Lipinski definition) is 6. The van der Waals surface area contributed by atoms with Crippen molar-refractivity contribution < 1.29 is 17.9 Å². The first-order valence-corrected chi connectivity index (χ1v) is 11.1. The van der Waals surface area contributed by atoms with Gasteiger partial charge in [-0.25, -0.2) is 13.4 Å². The Morgan fingerprint density at radius 2 is 2.07 bits per heavy atom. The van der Waals surface area contributed by atoms with Crippen LogP contribution in [0, 0.1) is 11.3 Å². The quantitative estimate of drug-likeness (QED) is 0.718. The highest BCUT2D eigenvalue weighted by Crippen LogP contribution is 2.41. The van der Waals surface area contributed by atoms with Crippen molar-refractivity contribution in [3.63, 3.8) is 0 Å². The zero-order valence-electron chi connectivity index (χ0n) is 16.9. The molecule has 1 aromatic heterocycles. The van der Waals surface area contributed by atoms with Crippen LogP contribution in [0.2, 0.25) is 0 Å². The van der Waals surface area contributed by atoms with Crippen LogP contribution in [0.1, 0.15) is 24.2 Å². The van der Waals surface area contributed by atoms with E-state index in [9.17, 15) is 13.2 Å². The maximum absolute atomic E-state index is 13.1. The highest BCUT2D eigenvalue weighted by Gasteiger charge is 2.48. The zero-order valence-corrected chi connectivity index (χ0v) is 17.7. The third kappa shape index (κ3) is 3.39. The van der Waals surface area contributed by atoms with Crippen molar-refractivity contribution in [2.75, 3.05) is 27.2 Å². The molecule has 1 spiro atoms. The van der Waals surface area contributed by atoms with Crippen LogP contribution < -0.4 is 0 Å². The molecule has 1 fully saturated rings. The molecule has 1 atom stereocenters. The summed E-state index contributed by atoms with van der Waals surface area (Å²) in [7, 11) is -0.359. The number of hydrogen-bond donors (Lipinski definition) is 0. The number of aromatic nitrogens is 2. The van der Waals surface area contributed by atoms with Crippen molar-refractivity contribution >= 4 is 15.9 Å². The zero-order chi connectivity index (χ0) is 21.5. The molecule has 2 aliphatic rings. The van der Waals surface area contributed by atoms with Crippen molar-refractivity contribution in [3.05, 3.63) is 48.0 Å². The van der Waals surface area contributed by atoms with Crippen molar-refractivity contribution in [3.8, 4) is 6.07 Å². The minimum Gasteiger partial charge on any atom is -0.352 e. The molecule has 30 heavy (non-hydrogen) atoms. The Hall–Kier alpha value is -2.74. The van der Waals surface area contributed by atoms with Crippen molar-refractivity contribution in [2.24, 2.45) is 0 Å².